The van der Waals surface area contributed by atoms with Crippen LogP contribution in [0.5, 0.6) is 0 Å². The average Bonchev–Trinajstić information content (AvgIpc) is 3.16. The quantitative estimate of drug-likeness (QED) is 0.682. The molecule has 8 nitrogen and oxygen atoms in total. The van der Waals surface area contributed by atoms with Crippen molar-refractivity contribution in [2.24, 2.45) is 5.92 Å². The molecular weight excluding hydrogens is 364 g/mol. The molecule has 9 heteroatoms. The zero-order valence-corrected chi connectivity index (χ0v) is 16.2. The summed E-state index contributed by atoms with van der Waals surface area (Å²) in [5, 5.41) is 8.88. The third-order valence-corrected chi connectivity index (χ3v) is 5.61. The van der Waals surface area contributed by atoms with E-state index < -0.39 is 0 Å². The summed E-state index contributed by atoms with van der Waals surface area (Å²) >= 11 is 1.37. The second kappa shape index (κ2) is 6.73. The fourth-order valence-electron chi connectivity index (χ4n) is 3.29. The van der Waals surface area contributed by atoms with Crippen LogP contribution in [-0.4, -0.2) is 48.4 Å². The Kier molecular flexibility index (Phi) is 4.39. The van der Waals surface area contributed by atoms with Gasteiger partial charge in [-0.05, 0) is 32.9 Å². The van der Waals surface area contributed by atoms with Crippen molar-refractivity contribution in [1.29, 1.82) is 0 Å². The Morgan fingerprint density at radius 2 is 2.00 bits per heavy atom. The molecule has 4 heterocycles. The zero-order valence-electron chi connectivity index (χ0n) is 15.4. The molecule has 0 radical (unpaired) electrons. The maximum Gasteiger partial charge on any atom is 0.266 e. The highest BCUT2D eigenvalue weighted by molar-refractivity contribution is 7.11. The molecule has 140 valence electrons. The van der Waals surface area contributed by atoms with Crippen molar-refractivity contribution >= 4 is 17.2 Å². The number of aromatic nitrogens is 5. The third-order valence-electron chi connectivity index (χ3n) is 4.69. The lowest BCUT2D eigenvalue weighted by molar-refractivity contribution is 0.0462. The van der Waals surface area contributed by atoms with Crippen LogP contribution in [0, 0.1) is 26.7 Å². The van der Waals surface area contributed by atoms with E-state index in [0.717, 1.165) is 17.1 Å². The van der Waals surface area contributed by atoms with Gasteiger partial charge < -0.3 is 4.90 Å². The van der Waals surface area contributed by atoms with Crippen molar-refractivity contribution in [1.82, 2.24) is 29.4 Å². The Morgan fingerprint density at radius 1 is 1.22 bits per heavy atom. The summed E-state index contributed by atoms with van der Waals surface area (Å²) in [6.45, 7) is 7.44. The summed E-state index contributed by atoms with van der Waals surface area (Å²) in [4.78, 5) is 31.3. The van der Waals surface area contributed by atoms with Crippen molar-refractivity contribution in [3.05, 3.63) is 56.0 Å². The molecular formula is C18H20N6O2S. The third kappa shape index (κ3) is 3.30. The van der Waals surface area contributed by atoms with E-state index >= 15 is 0 Å². The van der Waals surface area contributed by atoms with Crippen molar-refractivity contribution in [3.63, 3.8) is 0 Å². The Hall–Kier alpha value is -2.81. The molecule has 0 aliphatic carbocycles. The molecule has 1 amide bonds. The highest BCUT2D eigenvalue weighted by Crippen LogP contribution is 2.23. The molecule has 27 heavy (non-hydrogen) atoms. The second-order valence-electron chi connectivity index (χ2n) is 6.89. The van der Waals surface area contributed by atoms with E-state index in [2.05, 4.69) is 15.2 Å². The summed E-state index contributed by atoms with van der Waals surface area (Å²) in [6.07, 6.45) is 0. The van der Waals surface area contributed by atoms with Crippen molar-refractivity contribution in [3.8, 4) is 5.82 Å². The first-order valence-electron chi connectivity index (χ1n) is 8.73. The highest BCUT2D eigenvalue weighted by atomic mass is 32.1. The van der Waals surface area contributed by atoms with Crippen LogP contribution in [0.15, 0.2) is 28.5 Å². The van der Waals surface area contributed by atoms with Crippen LogP contribution < -0.4 is 5.56 Å². The summed E-state index contributed by atoms with van der Waals surface area (Å²) < 4.78 is 3.20. The normalized spacial score (nSPS) is 14.4. The standard InChI is InChI=1S/C18H20N6O2S/c1-11-6-12(2)24(20-11)15-4-5-16(25)23(21-15)9-14-7-22(8-14)18(26)17-13(3)19-10-27-17/h4-6,10,14H,7-9H2,1-3H3. The molecule has 0 atom stereocenters. The molecule has 3 aromatic rings. The van der Waals surface area contributed by atoms with E-state index in [1.807, 2.05) is 26.8 Å². The Balaban J connectivity index is 1.46. The first-order chi connectivity index (χ1) is 12.9. The minimum atomic E-state index is -0.150. The number of rotatable bonds is 4. The number of aryl methyl sites for hydroxylation is 3. The Labute approximate surface area is 160 Å². The lowest BCUT2D eigenvalue weighted by Gasteiger charge is -2.39. The fourth-order valence-corrected chi connectivity index (χ4v) is 4.06. The first-order valence-corrected chi connectivity index (χ1v) is 9.61. The maximum absolute atomic E-state index is 12.5. The van der Waals surface area contributed by atoms with Gasteiger partial charge in [0.15, 0.2) is 5.82 Å². The largest absolute Gasteiger partial charge is 0.337 e. The van der Waals surface area contributed by atoms with Gasteiger partial charge in [-0.25, -0.2) is 14.3 Å². The van der Waals surface area contributed by atoms with E-state index in [0.29, 0.717) is 30.3 Å². The molecule has 3 aromatic heterocycles. The molecule has 0 N–H and O–H groups in total. The minimum Gasteiger partial charge on any atom is -0.337 e. The molecule has 1 fully saturated rings. The zero-order chi connectivity index (χ0) is 19.1. The van der Waals surface area contributed by atoms with Gasteiger partial charge >= 0.3 is 0 Å². The summed E-state index contributed by atoms with van der Waals surface area (Å²) in [5.41, 5.74) is 4.17. The molecule has 1 aliphatic rings. The van der Waals surface area contributed by atoms with Gasteiger partial charge in [0.25, 0.3) is 11.5 Å². The molecule has 0 unspecified atom stereocenters. The van der Waals surface area contributed by atoms with Crippen LogP contribution in [0.4, 0.5) is 0 Å². The van der Waals surface area contributed by atoms with Gasteiger partial charge in [0.05, 0.1) is 23.4 Å². The van der Waals surface area contributed by atoms with E-state index in [4.69, 9.17) is 0 Å². The predicted octanol–water partition coefficient (Wildman–Crippen LogP) is 1.58. The van der Waals surface area contributed by atoms with Gasteiger partial charge in [0.1, 0.15) is 4.88 Å². The number of thiazole rings is 1. The summed E-state index contributed by atoms with van der Waals surface area (Å²) in [6, 6.07) is 5.16. The number of carbonyl (C=O) groups excluding carboxylic acids is 1. The first kappa shape index (κ1) is 17.6. The Bertz CT molecular complexity index is 1060. The molecule has 0 aromatic carbocycles. The number of likely N-dealkylation sites (tertiary alicyclic amines) is 1. The number of hydrogen-bond acceptors (Lipinski definition) is 6. The highest BCUT2D eigenvalue weighted by Gasteiger charge is 2.33. The van der Waals surface area contributed by atoms with Gasteiger partial charge in [-0.3, -0.25) is 9.59 Å². The lowest BCUT2D eigenvalue weighted by Crippen LogP contribution is -2.52. The van der Waals surface area contributed by atoms with Gasteiger partial charge in [-0.2, -0.15) is 5.10 Å². The summed E-state index contributed by atoms with van der Waals surface area (Å²) in [7, 11) is 0. The number of hydrogen-bond donors (Lipinski definition) is 0. The SMILES string of the molecule is Cc1cc(C)n(-c2ccc(=O)n(CC3CN(C(=O)c4scnc4C)C3)n2)n1. The molecule has 0 bridgehead atoms. The van der Waals surface area contributed by atoms with E-state index in [1.165, 1.54) is 22.1 Å². The number of nitrogens with zero attached hydrogens (tertiary/aromatic N) is 6. The number of carbonyl (C=O) groups is 1. The second-order valence-corrected chi connectivity index (χ2v) is 7.75. The Morgan fingerprint density at radius 3 is 2.63 bits per heavy atom. The van der Waals surface area contributed by atoms with Crippen LogP contribution in [0.2, 0.25) is 0 Å². The maximum atomic E-state index is 12.5. The lowest BCUT2D eigenvalue weighted by atomic mass is 10.00. The fraction of sp³-hybridized carbons (Fsp3) is 0.389. The molecule has 0 saturated carbocycles. The van der Waals surface area contributed by atoms with Crippen LogP contribution in [0.1, 0.15) is 26.8 Å². The van der Waals surface area contributed by atoms with Gasteiger partial charge in [0, 0.05) is 30.8 Å². The van der Waals surface area contributed by atoms with Crippen molar-refractivity contribution < 1.29 is 4.79 Å². The van der Waals surface area contributed by atoms with Crippen LogP contribution >= 0.6 is 11.3 Å². The minimum absolute atomic E-state index is 0.0166. The van der Waals surface area contributed by atoms with Gasteiger partial charge in [-0.15, -0.1) is 16.4 Å². The smallest absolute Gasteiger partial charge is 0.266 e. The van der Waals surface area contributed by atoms with Gasteiger partial charge in [0.2, 0.25) is 0 Å². The predicted molar refractivity (Wildman–Crippen MR) is 101 cm³/mol. The van der Waals surface area contributed by atoms with Crippen LogP contribution in [0.25, 0.3) is 5.82 Å². The van der Waals surface area contributed by atoms with E-state index in [1.54, 1.807) is 21.2 Å². The van der Waals surface area contributed by atoms with Gasteiger partial charge in [-0.1, -0.05) is 0 Å². The van der Waals surface area contributed by atoms with E-state index in [-0.39, 0.29) is 17.4 Å². The van der Waals surface area contributed by atoms with Crippen molar-refractivity contribution in [2.75, 3.05) is 13.1 Å². The molecule has 4 rings (SSSR count). The topological polar surface area (TPSA) is 85.9 Å². The van der Waals surface area contributed by atoms with Crippen LogP contribution in [0.3, 0.4) is 0 Å². The molecule has 1 aliphatic heterocycles. The monoisotopic (exact) mass is 384 g/mol. The van der Waals surface area contributed by atoms with Crippen LogP contribution in [-0.2, 0) is 6.54 Å². The van der Waals surface area contributed by atoms with Crippen molar-refractivity contribution in [2.45, 2.75) is 27.3 Å². The summed E-state index contributed by atoms with van der Waals surface area (Å²) in [5.74, 6) is 0.846. The number of amides is 1. The molecule has 1 saturated heterocycles. The van der Waals surface area contributed by atoms with E-state index in [9.17, 15) is 9.59 Å². The molecule has 0 spiro atoms. The average molecular weight is 384 g/mol.